The SMILES string of the molecule is CC(C)CC(NC(=O)C(C)NC(=O)C(CCC(N)=O)NC(=O)C1CCCN1)C(=O)O. The van der Waals surface area contributed by atoms with Crippen molar-refractivity contribution in [2.24, 2.45) is 11.7 Å². The molecule has 7 N–H and O–H groups in total. The molecule has 0 spiro atoms. The van der Waals surface area contributed by atoms with E-state index in [0.717, 1.165) is 6.42 Å². The maximum absolute atomic E-state index is 12.6. The molecule has 1 heterocycles. The first-order valence-corrected chi connectivity index (χ1v) is 10.2. The average molecular weight is 428 g/mol. The van der Waals surface area contributed by atoms with Crippen molar-refractivity contribution in [3.63, 3.8) is 0 Å². The van der Waals surface area contributed by atoms with Gasteiger partial charge in [0.15, 0.2) is 0 Å². The van der Waals surface area contributed by atoms with Crippen molar-refractivity contribution in [2.45, 2.75) is 77.0 Å². The molecule has 1 saturated heterocycles. The van der Waals surface area contributed by atoms with E-state index in [4.69, 9.17) is 5.73 Å². The highest BCUT2D eigenvalue weighted by molar-refractivity contribution is 5.94. The zero-order valence-corrected chi connectivity index (χ0v) is 17.7. The summed E-state index contributed by atoms with van der Waals surface area (Å²) in [7, 11) is 0. The molecule has 0 saturated carbocycles. The summed E-state index contributed by atoms with van der Waals surface area (Å²) in [6.45, 7) is 5.78. The van der Waals surface area contributed by atoms with Gasteiger partial charge in [0.25, 0.3) is 0 Å². The molecule has 0 aliphatic carbocycles. The molecule has 0 aromatic heterocycles. The zero-order valence-electron chi connectivity index (χ0n) is 17.7. The molecule has 4 amide bonds. The summed E-state index contributed by atoms with van der Waals surface area (Å²) < 4.78 is 0. The summed E-state index contributed by atoms with van der Waals surface area (Å²) in [5.41, 5.74) is 5.15. The third kappa shape index (κ3) is 8.76. The van der Waals surface area contributed by atoms with Gasteiger partial charge in [-0.15, -0.1) is 0 Å². The molecule has 4 atom stereocenters. The van der Waals surface area contributed by atoms with Crippen molar-refractivity contribution in [1.82, 2.24) is 21.3 Å². The van der Waals surface area contributed by atoms with Gasteiger partial charge in [0.05, 0.1) is 6.04 Å². The molecule has 1 aliphatic rings. The van der Waals surface area contributed by atoms with Crippen LogP contribution in [-0.4, -0.2) is 65.4 Å². The first-order chi connectivity index (χ1) is 14.0. The van der Waals surface area contributed by atoms with E-state index in [1.807, 2.05) is 13.8 Å². The minimum Gasteiger partial charge on any atom is -0.480 e. The number of nitrogens with one attached hydrogen (secondary N) is 4. The summed E-state index contributed by atoms with van der Waals surface area (Å²) in [5.74, 6) is -3.41. The highest BCUT2D eigenvalue weighted by atomic mass is 16.4. The summed E-state index contributed by atoms with van der Waals surface area (Å²) in [4.78, 5) is 59.7. The lowest BCUT2D eigenvalue weighted by molar-refractivity contribution is -0.142. The normalized spacial score (nSPS) is 18.9. The van der Waals surface area contributed by atoms with Crippen LogP contribution in [0.15, 0.2) is 0 Å². The molecule has 1 aliphatic heterocycles. The Bertz CT molecular complexity index is 647. The van der Waals surface area contributed by atoms with Crippen molar-refractivity contribution in [1.29, 1.82) is 0 Å². The van der Waals surface area contributed by atoms with Crippen LogP contribution in [0.2, 0.25) is 0 Å². The van der Waals surface area contributed by atoms with Gasteiger partial charge >= 0.3 is 5.97 Å². The van der Waals surface area contributed by atoms with E-state index < -0.39 is 47.9 Å². The van der Waals surface area contributed by atoms with E-state index >= 15 is 0 Å². The van der Waals surface area contributed by atoms with Crippen LogP contribution in [0, 0.1) is 5.92 Å². The Hall–Kier alpha value is -2.69. The van der Waals surface area contributed by atoms with Gasteiger partial charge in [0.2, 0.25) is 23.6 Å². The fourth-order valence-corrected chi connectivity index (χ4v) is 3.11. The first-order valence-electron chi connectivity index (χ1n) is 10.2. The van der Waals surface area contributed by atoms with E-state index in [2.05, 4.69) is 21.3 Å². The number of carboxylic acids is 1. The lowest BCUT2D eigenvalue weighted by atomic mass is 10.0. The highest BCUT2D eigenvalue weighted by Crippen LogP contribution is 2.08. The largest absolute Gasteiger partial charge is 0.480 e. The summed E-state index contributed by atoms with van der Waals surface area (Å²) in [6.07, 6.45) is 1.59. The number of primary amides is 1. The van der Waals surface area contributed by atoms with E-state index in [0.29, 0.717) is 13.0 Å². The van der Waals surface area contributed by atoms with Crippen molar-refractivity contribution < 1.29 is 29.1 Å². The Kier molecular flexibility index (Phi) is 10.2. The van der Waals surface area contributed by atoms with Crippen LogP contribution in [0.25, 0.3) is 0 Å². The van der Waals surface area contributed by atoms with E-state index in [9.17, 15) is 29.1 Å². The Morgan fingerprint density at radius 2 is 1.70 bits per heavy atom. The van der Waals surface area contributed by atoms with Gasteiger partial charge in [-0.25, -0.2) is 4.79 Å². The number of amides is 4. The monoisotopic (exact) mass is 427 g/mol. The molecule has 170 valence electrons. The first kappa shape index (κ1) is 25.3. The molecule has 30 heavy (non-hydrogen) atoms. The van der Waals surface area contributed by atoms with Gasteiger partial charge in [-0.2, -0.15) is 0 Å². The highest BCUT2D eigenvalue weighted by Gasteiger charge is 2.30. The van der Waals surface area contributed by atoms with E-state index in [1.54, 1.807) is 0 Å². The molecule has 0 aromatic carbocycles. The van der Waals surface area contributed by atoms with Crippen LogP contribution >= 0.6 is 0 Å². The van der Waals surface area contributed by atoms with Gasteiger partial charge in [-0.1, -0.05) is 13.8 Å². The fourth-order valence-electron chi connectivity index (χ4n) is 3.11. The number of carbonyl (C=O) groups excluding carboxylic acids is 4. The van der Waals surface area contributed by atoms with E-state index in [1.165, 1.54) is 6.92 Å². The van der Waals surface area contributed by atoms with Gasteiger partial charge in [0.1, 0.15) is 18.1 Å². The smallest absolute Gasteiger partial charge is 0.326 e. The molecule has 1 fully saturated rings. The van der Waals surface area contributed by atoms with Crippen LogP contribution < -0.4 is 27.0 Å². The quantitative estimate of drug-likeness (QED) is 0.222. The topological polar surface area (TPSA) is 180 Å². The van der Waals surface area contributed by atoms with Crippen molar-refractivity contribution >= 4 is 29.6 Å². The summed E-state index contributed by atoms with van der Waals surface area (Å²) in [5, 5.41) is 19.7. The maximum Gasteiger partial charge on any atom is 0.326 e. The number of carbonyl (C=O) groups is 5. The Morgan fingerprint density at radius 1 is 1.03 bits per heavy atom. The number of rotatable bonds is 12. The molecule has 4 unspecified atom stereocenters. The van der Waals surface area contributed by atoms with Crippen molar-refractivity contribution in [2.75, 3.05) is 6.54 Å². The van der Waals surface area contributed by atoms with Crippen molar-refractivity contribution in [3.05, 3.63) is 0 Å². The van der Waals surface area contributed by atoms with Gasteiger partial charge < -0.3 is 32.1 Å². The molecule has 11 heteroatoms. The van der Waals surface area contributed by atoms with Crippen LogP contribution in [0.4, 0.5) is 0 Å². The predicted octanol–water partition coefficient (Wildman–Crippen LogP) is -1.39. The second-order valence-corrected chi connectivity index (χ2v) is 7.97. The lowest BCUT2D eigenvalue weighted by Gasteiger charge is -2.23. The lowest BCUT2D eigenvalue weighted by Crippen LogP contribution is -2.56. The third-order valence-corrected chi connectivity index (χ3v) is 4.76. The maximum atomic E-state index is 12.6. The standard InChI is InChI=1S/C19H33N5O6/c1-10(2)9-14(19(29)30)24-16(26)11(3)22-18(28)13(6-7-15(20)25)23-17(27)12-5-4-8-21-12/h10-14,21H,4-9H2,1-3H3,(H2,20,25)(H,22,28)(H,23,27)(H,24,26)(H,29,30). The Morgan fingerprint density at radius 3 is 2.20 bits per heavy atom. The third-order valence-electron chi connectivity index (χ3n) is 4.76. The van der Waals surface area contributed by atoms with Gasteiger partial charge in [-0.3, -0.25) is 19.2 Å². The number of carboxylic acid groups (broad SMARTS) is 1. The minimum absolute atomic E-state index is 0.0148. The summed E-state index contributed by atoms with van der Waals surface area (Å²) in [6, 6.07) is -3.57. The number of hydrogen-bond donors (Lipinski definition) is 6. The van der Waals surface area contributed by atoms with Crippen LogP contribution in [0.1, 0.15) is 52.9 Å². The molecule has 0 radical (unpaired) electrons. The van der Waals surface area contributed by atoms with Crippen LogP contribution in [0.5, 0.6) is 0 Å². The second-order valence-electron chi connectivity index (χ2n) is 7.97. The van der Waals surface area contributed by atoms with E-state index in [-0.39, 0.29) is 31.1 Å². The van der Waals surface area contributed by atoms with Crippen LogP contribution in [-0.2, 0) is 24.0 Å². The second kappa shape index (κ2) is 12.1. The molecule has 0 aromatic rings. The fraction of sp³-hybridized carbons (Fsp3) is 0.737. The van der Waals surface area contributed by atoms with Crippen molar-refractivity contribution in [3.8, 4) is 0 Å². The molecular formula is C19H33N5O6. The Labute approximate surface area is 175 Å². The number of hydrogen-bond acceptors (Lipinski definition) is 6. The minimum atomic E-state index is -1.16. The van der Waals surface area contributed by atoms with Crippen LogP contribution in [0.3, 0.4) is 0 Å². The predicted molar refractivity (Wildman–Crippen MR) is 108 cm³/mol. The molecular weight excluding hydrogens is 394 g/mol. The number of nitrogens with two attached hydrogens (primary N) is 1. The molecule has 11 nitrogen and oxygen atoms in total. The molecule has 1 rings (SSSR count). The average Bonchev–Trinajstić information content (AvgIpc) is 3.18. The van der Waals surface area contributed by atoms with Gasteiger partial charge in [0, 0.05) is 6.42 Å². The summed E-state index contributed by atoms with van der Waals surface area (Å²) >= 11 is 0. The molecule has 0 bridgehead atoms. The Balaban J connectivity index is 2.72. The number of aliphatic carboxylic acids is 1. The zero-order chi connectivity index (χ0) is 22.8. The van der Waals surface area contributed by atoms with Gasteiger partial charge in [-0.05, 0) is 45.1 Å².